The van der Waals surface area contributed by atoms with Crippen LogP contribution in [0.25, 0.3) is 11.5 Å². The third-order valence-corrected chi connectivity index (χ3v) is 7.01. The lowest BCUT2D eigenvalue weighted by atomic mass is 9.64. The molecule has 1 heterocycles. The average molecular weight is 389 g/mol. The van der Waals surface area contributed by atoms with Crippen LogP contribution in [0.2, 0.25) is 0 Å². The molecule has 2 saturated carbocycles. The van der Waals surface area contributed by atoms with Crippen LogP contribution in [0.3, 0.4) is 0 Å². The molecule has 4 heteroatoms. The van der Waals surface area contributed by atoms with Gasteiger partial charge in [0.05, 0.1) is 0 Å². The molecule has 2 aromatic carbocycles. The lowest BCUT2D eigenvalue weighted by molar-refractivity contribution is 0.0738. The normalized spacial score (nSPS) is 26.2. The minimum absolute atomic E-state index is 0.0178. The number of aliphatic hydroxyl groups is 1. The first-order valence-electron chi connectivity index (χ1n) is 10.4. The zero-order chi connectivity index (χ0) is 20.2. The molecule has 2 N–H and O–H groups in total. The number of oxazole rings is 1. The Morgan fingerprint density at radius 2 is 1.66 bits per heavy atom. The Hall–Kier alpha value is -2.59. The lowest BCUT2D eigenvalue weighted by Gasteiger charge is -2.39. The molecular weight excluding hydrogens is 362 g/mol. The predicted molar refractivity (Wildman–Crippen MR) is 112 cm³/mol. The lowest BCUT2D eigenvalue weighted by Crippen LogP contribution is -2.33. The van der Waals surface area contributed by atoms with Crippen molar-refractivity contribution in [3.05, 3.63) is 71.6 Å². The quantitative estimate of drug-likeness (QED) is 0.629. The van der Waals surface area contributed by atoms with Gasteiger partial charge < -0.3 is 14.6 Å². The number of rotatable bonds is 4. The number of phenolic OH excluding ortho intramolecular Hbond substituents is 1. The van der Waals surface area contributed by atoms with Gasteiger partial charge in [-0.3, -0.25) is 0 Å². The summed E-state index contributed by atoms with van der Waals surface area (Å²) in [4.78, 5) is 4.46. The minimum Gasteiger partial charge on any atom is -0.508 e. The molecule has 0 saturated heterocycles. The number of hydrogen-bond acceptors (Lipinski definition) is 4. The average Bonchev–Trinajstić information content (AvgIpc) is 3.44. The van der Waals surface area contributed by atoms with E-state index in [-0.39, 0.29) is 5.41 Å². The van der Waals surface area contributed by atoms with Crippen LogP contribution in [0.5, 0.6) is 5.75 Å². The summed E-state index contributed by atoms with van der Waals surface area (Å²) in [5.74, 6) is 2.27. The minimum atomic E-state index is -1.02. The van der Waals surface area contributed by atoms with Crippen molar-refractivity contribution in [3.8, 4) is 17.2 Å². The number of aromatic hydroxyl groups is 1. The van der Waals surface area contributed by atoms with Crippen LogP contribution in [0.4, 0.5) is 0 Å². The number of phenols is 1. The zero-order valence-electron chi connectivity index (χ0n) is 16.9. The number of hydrogen-bond donors (Lipinski definition) is 2. The topological polar surface area (TPSA) is 66.5 Å². The van der Waals surface area contributed by atoms with E-state index in [9.17, 15) is 10.2 Å². The Labute approximate surface area is 171 Å². The molecule has 150 valence electrons. The SMILES string of the molecule is CC(C)(O)c1coc(-c2ccc([C@]3(c4ccc(O)cc4)CC4CC[C@@H]3C4)cc2)n1. The van der Waals surface area contributed by atoms with Crippen molar-refractivity contribution in [2.75, 3.05) is 0 Å². The molecule has 4 nitrogen and oxygen atoms in total. The van der Waals surface area contributed by atoms with Gasteiger partial charge >= 0.3 is 0 Å². The summed E-state index contributed by atoms with van der Waals surface area (Å²) < 4.78 is 5.62. The van der Waals surface area contributed by atoms with Gasteiger partial charge in [0.2, 0.25) is 5.89 Å². The number of benzene rings is 2. The molecule has 0 radical (unpaired) electrons. The largest absolute Gasteiger partial charge is 0.508 e. The zero-order valence-corrected chi connectivity index (χ0v) is 16.9. The summed E-state index contributed by atoms with van der Waals surface area (Å²) in [7, 11) is 0. The third kappa shape index (κ3) is 2.98. The Balaban J connectivity index is 1.53. The van der Waals surface area contributed by atoms with Gasteiger partial charge in [-0.2, -0.15) is 0 Å². The number of fused-ring (bicyclic) bond motifs is 2. The maximum atomic E-state index is 10.1. The first-order valence-corrected chi connectivity index (χ1v) is 10.4. The molecule has 2 bridgehead atoms. The molecule has 5 rings (SSSR count). The molecule has 0 aliphatic heterocycles. The van der Waals surface area contributed by atoms with Crippen LogP contribution in [0, 0.1) is 11.8 Å². The smallest absolute Gasteiger partial charge is 0.226 e. The van der Waals surface area contributed by atoms with Crippen molar-refractivity contribution in [1.29, 1.82) is 0 Å². The van der Waals surface area contributed by atoms with E-state index < -0.39 is 5.60 Å². The monoisotopic (exact) mass is 389 g/mol. The highest BCUT2D eigenvalue weighted by Crippen LogP contribution is 2.60. The molecule has 1 unspecified atom stereocenters. The number of nitrogens with zero attached hydrogens (tertiary/aromatic N) is 1. The van der Waals surface area contributed by atoms with Crippen molar-refractivity contribution in [1.82, 2.24) is 4.98 Å². The van der Waals surface area contributed by atoms with Crippen molar-refractivity contribution in [2.24, 2.45) is 11.8 Å². The fourth-order valence-corrected chi connectivity index (χ4v) is 5.56. The summed E-state index contributed by atoms with van der Waals surface area (Å²) in [6.07, 6.45) is 6.58. The van der Waals surface area contributed by atoms with Gasteiger partial charge in [0.25, 0.3) is 0 Å². The molecule has 29 heavy (non-hydrogen) atoms. The van der Waals surface area contributed by atoms with Crippen LogP contribution >= 0.6 is 0 Å². The van der Waals surface area contributed by atoms with E-state index in [0.29, 0.717) is 23.3 Å². The molecule has 1 aromatic heterocycles. The van der Waals surface area contributed by atoms with Crippen LogP contribution in [-0.4, -0.2) is 15.2 Å². The third-order valence-electron chi connectivity index (χ3n) is 7.01. The van der Waals surface area contributed by atoms with Gasteiger partial charge in [-0.25, -0.2) is 4.98 Å². The summed E-state index contributed by atoms with van der Waals surface area (Å²) >= 11 is 0. The highest BCUT2D eigenvalue weighted by atomic mass is 16.3. The summed E-state index contributed by atoms with van der Waals surface area (Å²) in [5, 5.41) is 19.9. The second-order valence-corrected chi connectivity index (χ2v) is 9.27. The highest BCUT2D eigenvalue weighted by molar-refractivity contribution is 5.56. The standard InChI is InChI=1S/C25H27NO3/c1-24(2,28)22-15-29-23(26-22)17-4-7-18(8-5-17)25(14-16-3-6-20(25)13-16)19-9-11-21(27)12-10-19/h4-5,7-12,15-16,20,27-28H,3,6,13-14H2,1-2H3/t16?,20-,25+/m1/s1. The summed E-state index contributed by atoms with van der Waals surface area (Å²) in [5.41, 5.74) is 3.07. The van der Waals surface area contributed by atoms with E-state index >= 15 is 0 Å². The van der Waals surface area contributed by atoms with E-state index in [0.717, 1.165) is 11.5 Å². The summed E-state index contributed by atoms with van der Waals surface area (Å²) in [6, 6.07) is 16.4. The van der Waals surface area contributed by atoms with Crippen molar-refractivity contribution >= 4 is 0 Å². The van der Waals surface area contributed by atoms with Crippen LogP contribution in [0.1, 0.15) is 56.4 Å². The molecule has 3 aromatic rings. The van der Waals surface area contributed by atoms with Crippen molar-refractivity contribution in [3.63, 3.8) is 0 Å². The molecule has 3 atom stereocenters. The second-order valence-electron chi connectivity index (χ2n) is 9.27. The van der Waals surface area contributed by atoms with E-state index in [4.69, 9.17) is 4.42 Å². The summed E-state index contributed by atoms with van der Waals surface area (Å²) in [6.45, 7) is 3.41. The van der Waals surface area contributed by atoms with Crippen LogP contribution < -0.4 is 0 Å². The molecule has 2 aliphatic carbocycles. The van der Waals surface area contributed by atoms with Gasteiger partial charge in [0.15, 0.2) is 0 Å². The Morgan fingerprint density at radius 3 is 2.17 bits per heavy atom. The van der Waals surface area contributed by atoms with E-state index in [1.807, 2.05) is 12.1 Å². The van der Waals surface area contributed by atoms with E-state index in [1.54, 1.807) is 13.8 Å². The van der Waals surface area contributed by atoms with Crippen LogP contribution in [-0.2, 0) is 11.0 Å². The van der Waals surface area contributed by atoms with Crippen LogP contribution in [0.15, 0.2) is 59.2 Å². The fraction of sp³-hybridized carbons (Fsp3) is 0.400. The first-order chi connectivity index (χ1) is 13.9. The Kier molecular flexibility index (Phi) is 4.11. The predicted octanol–water partition coefficient (Wildman–Crippen LogP) is 5.38. The van der Waals surface area contributed by atoms with Gasteiger partial charge in [-0.05, 0) is 80.3 Å². The second kappa shape index (κ2) is 6.46. The van der Waals surface area contributed by atoms with Crippen molar-refractivity contribution in [2.45, 2.75) is 50.5 Å². The molecule has 0 amide bonds. The van der Waals surface area contributed by atoms with Gasteiger partial charge in [-0.15, -0.1) is 0 Å². The molecular formula is C25H27NO3. The molecule has 0 spiro atoms. The van der Waals surface area contributed by atoms with Gasteiger partial charge in [0, 0.05) is 11.0 Å². The number of aromatic nitrogens is 1. The van der Waals surface area contributed by atoms with Crippen molar-refractivity contribution < 1.29 is 14.6 Å². The first kappa shape index (κ1) is 18.4. The molecule has 2 aliphatic rings. The maximum absolute atomic E-state index is 10.1. The fourth-order valence-electron chi connectivity index (χ4n) is 5.56. The Bertz CT molecular complexity index is 1010. The van der Waals surface area contributed by atoms with Gasteiger partial charge in [0.1, 0.15) is 23.3 Å². The molecule has 2 fully saturated rings. The highest BCUT2D eigenvalue weighted by Gasteiger charge is 2.52. The maximum Gasteiger partial charge on any atom is 0.226 e. The Morgan fingerprint density at radius 1 is 1.00 bits per heavy atom. The van der Waals surface area contributed by atoms with Gasteiger partial charge in [-0.1, -0.05) is 30.7 Å². The van der Waals surface area contributed by atoms with E-state index in [2.05, 4.69) is 41.4 Å². The van der Waals surface area contributed by atoms with E-state index in [1.165, 1.54) is 43.1 Å².